The largest absolute Gasteiger partial charge is 0.458 e. The average Bonchev–Trinajstić information content (AvgIpc) is 2.49. The molecule has 88 valence electrons. The lowest BCUT2D eigenvalue weighted by atomic mass is 10.1. The van der Waals surface area contributed by atoms with E-state index >= 15 is 0 Å². The van der Waals surface area contributed by atoms with Gasteiger partial charge in [-0.15, -0.1) is 0 Å². The van der Waals surface area contributed by atoms with Crippen molar-refractivity contribution in [2.24, 2.45) is 0 Å². The van der Waals surface area contributed by atoms with Gasteiger partial charge in [-0.3, -0.25) is 0 Å². The van der Waals surface area contributed by atoms with Crippen LogP contribution in [0.1, 0.15) is 17.5 Å². The zero-order valence-corrected chi connectivity index (χ0v) is 10.8. The van der Waals surface area contributed by atoms with Gasteiger partial charge in [0.25, 0.3) is 0 Å². The van der Waals surface area contributed by atoms with E-state index in [2.05, 4.69) is 19.9 Å². The van der Waals surface area contributed by atoms with E-state index in [1.165, 1.54) is 11.1 Å². The van der Waals surface area contributed by atoms with Crippen molar-refractivity contribution in [3.05, 3.63) is 64.4 Å². The maximum atomic E-state index is 5.92. The number of hydrogen-bond donors (Lipinski definition) is 0. The molecular weight excluding hydrogens is 232 g/mol. The van der Waals surface area contributed by atoms with E-state index in [-0.39, 0.29) is 0 Å². The summed E-state index contributed by atoms with van der Waals surface area (Å²) >= 11 is 5.92. The van der Waals surface area contributed by atoms with Crippen molar-refractivity contribution in [2.45, 2.75) is 20.3 Å². The van der Waals surface area contributed by atoms with E-state index in [0.29, 0.717) is 0 Å². The van der Waals surface area contributed by atoms with Crippen molar-refractivity contribution in [3.8, 4) is 5.75 Å². The Morgan fingerprint density at radius 2 is 1.88 bits per heavy atom. The van der Waals surface area contributed by atoms with Crippen LogP contribution in [0.3, 0.4) is 0 Å². The maximum Gasteiger partial charge on any atom is 0.127 e. The predicted molar refractivity (Wildman–Crippen MR) is 72.3 cm³/mol. The molecule has 0 fully saturated rings. The number of rotatable bonds is 2. The molecule has 0 atom stereocenters. The Balaban J connectivity index is 2.14. The van der Waals surface area contributed by atoms with Crippen LogP contribution >= 0.6 is 11.6 Å². The minimum atomic E-state index is 0.750. The summed E-state index contributed by atoms with van der Waals surface area (Å²) in [6.07, 6.45) is 8.50. The molecule has 0 unspecified atom stereocenters. The van der Waals surface area contributed by atoms with Crippen LogP contribution < -0.4 is 4.74 Å². The van der Waals surface area contributed by atoms with E-state index in [4.69, 9.17) is 16.3 Å². The summed E-state index contributed by atoms with van der Waals surface area (Å²) in [5.74, 6) is 1.70. The molecular formula is C15H15ClO. The number of halogens is 1. The van der Waals surface area contributed by atoms with Gasteiger partial charge in [-0.1, -0.05) is 23.7 Å². The normalized spacial score (nSPS) is 15.0. The minimum absolute atomic E-state index is 0.750. The molecule has 2 heteroatoms. The van der Waals surface area contributed by atoms with Crippen LogP contribution in [-0.2, 0) is 0 Å². The second kappa shape index (κ2) is 5.24. The van der Waals surface area contributed by atoms with Gasteiger partial charge in [0.05, 0.1) is 0 Å². The highest BCUT2D eigenvalue weighted by Gasteiger charge is 2.01. The van der Waals surface area contributed by atoms with Crippen LogP contribution in [0.5, 0.6) is 5.75 Å². The molecule has 2 rings (SSSR count). The summed E-state index contributed by atoms with van der Waals surface area (Å²) in [5, 5.41) is 0.750. The van der Waals surface area contributed by atoms with Crippen molar-refractivity contribution in [1.29, 1.82) is 0 Å². The van der Waals surface area contributed by atoms with Crippen molar-refractivity contribution < 1.29 is 4.74 Å². The molecule has 0 N–H and O–H groups in total. The summed E-state index contributed by atoms with van der Waals surface area (Å²) in [6.45, 7) is 4.17. The Morgan fingerprint density at radius 3 is 2.65 bits per heavy atom. The molecule has 1 aliphatic carbocycles. The second-order valence-corrected chi connectivity index (χ2v) is 4.55. The molecule has 0 heterocycles. The first kappa shape index (κ1) is 12.0. The van der Waals surface area contributed by atoms with Gasteiger partial charge >= 0.3 is 0 Å². The molecule has 17 heavy (non-hydrogen) atoms. The number of allylic oxidation sites excluding steroid dienone is 5. The van der Waals surface area contributed by atoms with Crippen LogP contribution in [0.2, 0.25) is 0 Å². The zero-order valence-electron chi connectivity index (χ0n) is 10.0. The quantitative estimate of drug-likeness (QED) is 0.738. The number of hydrogen-bond acceptors (Lipinski definition) is 1. The highest BCUT2D eigenvalue weighted by Crippen LogP contribution is 2.21. The standard InChI is InChI=1S/C15H15ClO/c1-11-6-8-15(10-12(11)2)17-14-5-3-4-13(16)7-9-14/h4-10H,3H2,1-2H3. The van der Waals surface area contributed by atoms with Gasteiger partial charge in [0.1, 0.15) is 11.5 Å². The van der Waals surface area contributed by atoms with Crippen LogP contribution in [0, 0.1) is 13.8 Å². The maximum absolute atomic E-state index is 5.92. The molecule has 0 radical (unpaired) electrons. The molecule has 0 saturated heterocycles. The van der Waals surface area contributed by atoms with Gasteiger partial charge in [0.15, 0.2) is 0 Å². The third kappa shape index (κ3) is 3.24. The Hall–Kier alpha value is -1.47. The van der Waals surface area contributed by atoms with Gasteiger partial charge in [0.2, 0.25) is 0 Å². The van der Waals surface area contributed by atoms with Gasteiger partial charge < -0.3 is 4.74 Å². The van der Waals surface area contributed by atoms with Gasteiger partial charge in [0, 0.05) is 5.03 Å². The zero-order chi connectivity index (χ0) is 12.3. The average molecular weight is 247 g/mol. The molecule has 0 spiro atoms. The molecule has 1 aromatic carbocycles. The molecule has 0 bridgehead atoms. The molecule has 1 aliphatic rings. The van der Waals surface area contributed by atoms with Crippen molar-refractivity contribution >= 4 is 11.6 Å². The molecule has 0 amide bonds. The Labute approximate surface area is 107 Å². The summed E-state index contributed by atoms with van der Waals surface area (Å²) in [4.78, 5) is 0. The van der Waals surface area contributed by atoms with E-state index in [1.807, 2.05) is 36.4 Å². The minimum Gasteiger partial charge on any atom is -0.458 e. The summed E-state index contributed by atoms with van der Waals surface area (Å²) in [7, 11) is 0. The fraction of sp³-hybridized carbons (Fsp3) is 0.200. The van der Waals surface area contributed by atoms with Gasteiger partial charge in [-0.25, -0.2) is 0 Å². The highest BCUT2D eigenvalue weighted by atomic mass is 35.5. The fourth-order valence-corrected chi connectivity index (χ4v) is 1.73. The first-order chi connectivity index (χ1) is 8.15. The Kier molecular flexibility index (Phi) is 3.70. The lowest BCUT2D eigenvalue weighted by molar-refractivity contribution is 0.442. The van der Waals surface area contributed by atoms with Gasteiger partial charge in [-0.05, 0) is 61.8 Å². The molecule has 0 saturated carbocycles. The second-order valence-electron chi connectivity index (χ2n) is 4.11. The highest BCUT2D eigenvalue weighted by molar-refractivity contribution is 6.31. The predicted octanol–water partition coefficient (Wildman–Crippen LogP) is 4.65. The van der Waals surface area contributed by atoms with Crippen molar-refractivity contribution in [3.63, 3.8) is 0 Å². The fourth-order valence-electron chi connectivity index (χ4n) is 1.57. The van der Waals surface area contributed by atoms with E-state index in [0.717, 1.165) is 23.0 Å². The SMILES string of the molecule is Cc1ccc(OC2=CCC=C(Cl)C=C2)cc1C. The number of ether oxygens (including phenoxy) is 1. The summed E-state index contributed by atoms with van der Waals surface area (Å²) < 4.78 is 5.80. The first-order valence-electron chi connectivity index (χ1n) is 5.64. The third-order valence-corrected chi connectivity index (χ3v) is 3.03. The number of aryl methyl sites for hydroxylation is 2. The van der Waals surface area contributed by atoms with E-state index in [1.54, 1.807) is 0 Å². The monoisotopic (exact) mass is 246 g/mol. The van der Waals surface area contributed by atoms with E-state index < -0.39 is 0 Å². The van der Waals surface area contributed by atoms with Crippen molar-refractivity contribution in [2.75, 3.05) is 0 Å². The first-order valence-corrected chi connectivity index (χ1v) is 6.02. The molecule has 1 nitrogen and oxygen atoms in total. The molecule has 0 aromatic heterocycles. The van der Waals surface area contributed by atoms with Gasteiger partial charge in [-0.2, -0.15) is 0 Å². The smallest absolute Gasteiger partial charge is 0.127 e. The molecule has 1 aromatic rings. The summed E-state index contributed by atoms with van der Waals surface area (Å²) in [5.41, 5.74) is 2.50. The summed E-state index contributed by atoms with van der Waals surface area (Å²) in [6, 6.07) is 6.09. The van der Waals surface area contributed by atoms with Crippen molar-refractivity contribution in [1.82, 2.24) is 0 Å². The van der Waals surface area contributed by atoms with Crippen LogP contribution in [-0.4, -0.2) is 0 Å². The lowest BCUT2D eigenvalue weighted by Gasteiger charge is -2.08. The van der Waals surface area contributed by atoms with Crippen LogP contribution in [0.4, 0.5) is 0 Å². The molecule has 0 aliphatic heterocycles. The lowest BCUT2D eigenvalue weighted by Crippen LogP contribution is -1.93. The Morgan fingerprint density at radius 1 is 1.06 bits per heavy atom. The Bertz CT molecular complexity index is 510. The van der Waals surface area contributed by atoms with Crippen LogP contribution in [0.25, 0.3) is 0 Å². The number of benzene rings is 1. The topological polar surface area (TPSA) is 9.23 Å². The van der Waals surface area contributed by atoms with E-state index in [9.17, 15) is 0 Å². The van der Waals surface area contributed by atoms with Crippen LogP contribution in [0.15, 0.2) is 53.3 Å². The third-order valence-electron chi connectivity index (χ3n) is 2.75.